The fourth-order valence-corrected chi connectivity index (χ4v) is 0.770. The van der Waals surface area contributed by atoms with Crippen LogP contribution in [0.25, 0.3) is 0 Å². The van der Waals surface area contributed by atoms with Crippen LogP contribution in [0.2, 0.25) is 0 Å². The van der Waals surface area contributed by atoms with Gasteiger partial charge in [-0.3, -0.25) is 4.79 Å². The first-order valence-corrected chi connectivity index (χ1v) is 4.08. The average Bonchev–Trinajstić information content (AvgIpc) is 2.11. The summed E-state index contributed by atoms with van der Waals surface area (Å²) in [5, 5.41) is 0. The summed E-state index contributed by atoms with van der Waals surface area (Å²) < 4.78 is 4.80. The Hall–Kier alpha value is -0.610. The summed E-state index contributed by atoms with van der Waals surface area (Å²) in [5.41, 5.74) is 5.41. The standard InChI is InChI=1S/C8H18N2O2/c1-7(6-9)10(2)8(11)4-5-12-3/h7H,4-6,9H2,1-3H3. The topological polar surface area (TPSA) is 55.6 Å². The van der Waals surface area contributed by atoms with Crippen molar-refractivity contribution in [2.24, 2.45) is 5.73 Å². The van der Waals surface area contributed by atoms with Gasteiger partial charge in [0.2, 0.25) is 5.91 Å². The smallest absolute Gasteiger partial charge is 0.224 e. The lowest BCUT2D eigenvalue weighted by Crippen LogP contribution is -2.40. The molecule has 0 bridgehead atoms. The molecule has 0 rings (SSSR count). The number of rotatable bonds is 5. The number of methoxy groups -OCH3 is 1. The largest absolute Gasteiger partial charge is 0.384 e. The van der Waals surface area contributed by atoms with Crippen LogP contribution in [0.3, 0.4) is 0 Å². The number of amides is 1. The molecule has 1 amide bonds. The highest BCUT2D eigenvalue weighted by Gasteiger charge is 2.12. The molecule has 4 heteroatoms. The van der Waals surface area contributed by atoms with E-state index in [9.17, 15) is 4.79 Å². The van der Waals surface area contributed by atoms with Crippen molar-refractivity contribution >= 4 is 5.91 Å². The van der Waals surface area contributed by atoms with Crippen LogP contribution in [0.5, 0.6) is 0 Å². The third-order valence-corrected chi connectivity index (χ3v) is 1.92. The SMILES string of the molecule is COCCC(=O)N(C)C(C)CN. The van der Waals surface area contributed by atoms with Crippen LogP contribution in [0.15, 0.2) is 0 Å². The van der Waals surface area contributed by atoms with Gasteiger partial charge in [0.05, 0.1) is 13.0 Å². The second kappa shape index (κ2) is 5.97. The first kappa shape index (κ1) is 11.4. The Bertz CT molecular complexity index is 139. The van der Waals surface area contributed by atoms with Crippen molar-refractivity contribution in [3.8, 4) is 0 Å². The lowest BCUT2D eigenvalue weighted by Gasteiger charge is -2.23. The maximum atomic E-state index is 11.3. The number of hydrogen-bond donors (Lipinski definition) is 1. The average molecular weight is 174 g/mol. The second-order valence-electron chi connectivity index (χ2n) is 2.83. The zero-order valence-electron chi connectivity index (χ0n) is 8.04. The number of carbonyl (C=O) groups is 1. The lowest BCUT2D eigenvalue weighted by atomic mass is 10.3. The molecule has 4 nitrogen and oxygen atoms in total. The molecule has 1 atom stereocenters. The first-order valence-electron chi connectivity index (χ1n) is 4.08. The summed E-state index contributed by atoms with van der Waals surface area (Å²) in [6.07, 6.45) is 0.428. The van der Waals surface area contributed by atoms with Crippen LogP contribution in [0, 0.1) is 0 Å². The van der Waals surface area contributed by atoms with E-state index in [0.29, 0.717) is 19.6 Å². The Morgan fingerprint density at radius 2 is 2.25 bits per heavy atom. The number of hydrogen-bond acceptors (Lipinski definition) is 3. The van der Waals surface area contributed by atoms with Crippen LogP contribution in [0.1, 0.15) is 13.3 Å². The molecule has 0 aromatic heterocycles. The molecular formula is C8H18N2O2. The van der Waals surface area contributed by atoms with E-state index < -0.39 is 0 Å². The van der Waals surface area contributed by atoms with E-state index in [-0.39, 0.29) is 11.9 Å². The number of ether oxygens (including phenoxy) is 1. The van der Waals surface area contributed by atoms with Gasteiger partial charge in [-0.15, -0.1) is 0 Å². The Kier molecular flexibility index (Phi) is 5.66. The lowest BCUT2D eigenvalue weighted by molar-refractivity contribution is -0.132. The normalized spacial score (nSPS) is 12.7. The van der Waals surface area contributed by atoms with Crippen LogP contribution < -0.4 is 5.73 Å². The van der Waals surface area contributed by atoms with E-state index in [4.69, 9.17) is 10.5 Å². The monoisotopic (exact) mass is 174 g/mol. The fraction of sp³-hybridized carbons (Fsp3) is 0.875. The summed E-state index contributed by atoms with van der Waals surface area (Å²) in [7, 11) is 3.34. The molecular weight excluding hydrogens is 156 g/mol. The Morgan fingerprint density at radius 1 is 1.67 bits per heavy atom. The maximum Gasteiger partial charge on any atom is 0.224 e. The Labute approximate surface area is 73.7 Å². The molecule has 0 aliphatic rings. The van der Waals surface area contributed by atoms with E-state index in [1.807, 2.05) is 6.92 Å². The number of carbonyl (C=O) groups excluding carboxylic acids is 1. The molecule has 0 heterocycles. The van der Waals surface area contributed by atoms with E-state index in [2.05, 4.69) is 0 Å². The van der Waals surface area contributed by atoms with Gasteiger partial charge in [0, 0.05) is 26.7 Å². The van der Waals surface area contributed by atoms with Crippen molar-refractivity contribution in [2.45, 2.75) is 19.4 Å². The van der Waals surface area contributed by atoms with Gasteiger partial charge < -0.3 is 15.4 Å². The third kappa shape index (κ3) is 3.69. The molecule has 0 radical (unpaired) electrons. The highest BCUT2D eigenvalue weighted by molar-refractivity contribution is 5.76. The summed E-state index contributed by atoms with van der Waals surface area (Å²) in [5.74, 6) is 0.0785. The molecule has 1 unspecified atom stereocenters. The van der Waals surface area contributed by atoms with Crippen molar-refractivity contribution in [3.05, 3.63) is 0 Å². The summed E-state index contributed by atoms with van der Waals surface area (Å²) >= 11 is 0. The molecule has 0 saturated heterocycles. The van der Waals surface area contributed by atoms with Crippen LogP contribution in [-0.4, -0.2) is 44.2 Å². The molecule has 0 aromatic carbocycles. The third-order valence-electron chi connectivity index (χ3n) is 1.92. The first-order chi connectivity index (χ1) is 5.63. The van der Waals surface area contributed by atoms with Gasteiger partial charge in [0.15, 0.2) is 0 Å². The van der Waals surface area contributed by atoms with E-state index >= 15 is 0 Å². The predicted octanol–water partition coefficient (Wildman–Crippen LogP) is -0.171. The van der Waals surface area contributed by atoms with E-state index in [1.165, 1.54) is 0 Å². The minimum Gasteiger partial charge on any atom is -0.384 e. The van der Waals surface area contributed by atoms with Gasteiger partial charge in [0.1, 0.15) is 0 Å². The Morgan fingerprint density at radius 3 is 2.67 bits per heavy atom. The van der Waals surface area contributed by atoms with Gasteiger partial charge in [-0.25, -0.2) is 0 Å². The van der Waals surface area contributed by atoms with E-state index in [0.717, 1.165) is 0 Å². The number of nitrogens with zero attached hydrogens (tertiary/aromatic N) is 1. The molecule has 12 heavy (non-hydrogen) atoms. The van der Waals surface area contributed by atoms with Gasteiger partial charge in [-0.1, -0.05) is 0 Å². The van der Waals surface area contributed by atoms with Gasteiger partial charge in [-0.05, 0) is 6.92 Å². The second-order valence-corrected chi connectivity index (χ2v) is 2.83. The minimum atomic E-state index is 0.0785. The number of likely N-dealkylation sites (N-methyl/N-ethyl adjacent to an activating group) is 1. The number of nitrogens with two attached hydrogens (primary N) is 1. The van der Waals surface area contributed by atoms with Crippen molar-refractivity contribution < 1.29 is 9.53 Å². The van der Waals surface area contributed by atoms with Crippen molar-refractivity contribution in [1.29, 1.82) is 0 Å². The highest BCUT2D eigenvalue weighted by Crippen LogP contribution is 1.97. The van der Waals surface area contributed by atoms with Crippen molar-refractivity contribution in [3.63, 3.8) is 0 Å². The van der Waals surface area contributed by atoms with Crippen LogP contribution >= 0.6 is 0 Å². The molecule has 0 aliphatic carbocycles. The Balaban J connectivity index is 3.75. The highest BCUT2D eigenvalue weighted by atomic mass is 16.5. The molecule has 0 aliphatic heterocycles. The van der Waals surface area contributed by atoms with Crippen molar-refractivity contribution in [2.75, 3.05) is 27.3 Å². The molecule has 2 N–H and O–H groups in total. The quantitative estimate of drug-likeness (QED) is 0.629. The summed E-state index contributed by atoms with van der Waals surface area (Å²) in [6.45, 7) is 2.89. The minimum absolute atomic E-state index is 0.0785. The van der Waals surface area contributed by atoms with E-state index in [1.54, 1.807) is 19.1 Å². The molecule has 72 valence electrons. The summed E-state index contributed by atoms with van der Waals surface area (Å²) in [4.78, 5) is 12.9. The van der Waals surface area contributed by atoms with Gasteiger partial charge in [0.25, 0.3) is 0 Å². The van der Waals surface area contributed by atoms with Crippen LogP contribution in [0.4, 0.5) is 0 Å². The molecule has 0 spiro atoms. The summed E-state index contributed by atoms with van der Waals surface area (Å²) in [6, 6.07) is 0.106. The molecule has 0 aromatic rings. The molecule has 0 saturated carbocycles. The van der Waals surface area contributed by atoms with Gasteiger partial charge >= 0.3 is 0 Å². The van der Waals surface area contributed by atoms with Crippen molar-refractivity contribution in [1.82, 2.24) is 4.90 Å². The zero-order chi connectivity index (χ0) is 9.56. The molecule has 0 fully saturated rings. The maximum absolute atomic E-state index is 11.3. The van der Waals surface area contributed by atoms with Crippen LogP contribution in [-0.2, 0) is 9.53 Å². The zero-order valence-corrected chi connectivity index (χ0v) is 8.04. The predicted molar refractivity (Wildman–Crippen MR) is 47.8 cm³/mol. The van der Waals surface area contributed by atoms with Gasteiger partial charge in [-0.2, -0.15) is 0 Å². The fourth-order valence-electron chi connectivity index (χ4n) is 0.770.